The van der Waals surface area contributed by atoms with Gasteiger partial charge in [0.1, 0.15) is 24.0 Å². The number of nitrogens with zero attached hydrogens (tertiary/aromatic N) is 1. The second-order valence-corrected chi connectivity index (χ2v) is 8.11. The van der Waals surface area contributed by atoms with E-state index in [0.29, 0.717) is 12.3 Å². The average molecular weight is 401 g/mol. The van der Waals surface area contributed by atoms with Crippen LogP contribution in [0.2, 0.25) is 0 Å². The minimum absolute atomic E-state index is 0.0107. The number of benzene rings is 2. The first kappa shape index (κ1) is 19.5. The van der Waals surface area contributed by atoms with Crippen LogP contribution < -0.4 is 9.04 Å². The highest BCUT2D eigenvalue weighted by molar-refractivity contribution is 7.92. The van der Waals surface area contributed by atoms with Crippen LogP contribution in [0.25, 0.3) is 0 Å². The maximum atomic E-state index is 13.6. The molecule has 1 aliphatic heterocycles. The van der Waals surface area contributed by atoms with E-state index in [1.54, 1.807) is 30.3 Å². The van der Waals surface area contributed by atoms with E-state index in [0.717, 1.165) is 10.4 Å². The standard InChI is InChI=1S/C18H18F3NO4S/c1-22(14-7-3-2-4-8-14)27(23,24)12-13-6-5-9-16(17(13)18(19,20)21)26-11-15-10-25-15/h2-9,15H,10-12H2,1H3. The molecule has 1 saturated heterocycles. The van der Waals surface area contributed by atoms with Gasteiger partial charge in [0.2, 0.25) is 10.0 Å². The number of hydrogen-bond donors (Lipinski definition) is 0. The quantitative estimate of drug-likeness (QED) is 0.667. The van der Waals surface area contributed by atoms with Gasteiger partial charge in [-0.1, -0.05) is 30.3 Å². The van der Waals surface area contributed by atoms with Crippen molar-refractivity contribution in [2.45, 2.75) is 18.0 Å². The Balaban J connectivity index is 1.92. The minimum atomic E-state index is -4.75. The molecule has 27 heavy (non-hydrogen) atoms. The predicted molar refractivity (Wildman–Crippen MR) is 94.1 cm³/mol. The minimum Gasteiger partial charge on any atom is -0.490 e. The zero-order chi connectivity index (χ0) is 19.7. The van der Waals surface area contributed by atoms with Crippen LogP contribution in [0.1, 0.15) is 11.1 Å². The van der Waals surface area contributed by atoms with Crippen LogP contribution in [0.4, 0.5) is 18.9 Å². The Morgan fingerprint density at radius 2 is 1.81 bits per heavy atom. The van der Waals surface area contributed by atoms with Gasteiger partial charge in [0.05, 0.1) is 18.0 Å². The molecule has 2 aromatic rings. The number of hydrogen-bond acceptors (Lipinski definition) is 4. The largest absolute Gasteiger partial charge is 0.490 e. The first-order valence-electron chi connectivity index (χ1n) is 8.13. The zero-order valence-corrected chi connectivity index (χ0v) is 15.3. The third kappa shape index (κ3) is 4.72. The lowest BCUT2D eigenvalue weighted by Gasteiger charge is -2.22. The van der Waals surface area contributed by atoms with Crippen LogP contribution in [0, 0.1) is 0 Å². The summed E-state index contributed by atoms with van der Waals surface area (Å²) >= 11 is 0. The molecule has 0 aromatic heterocycles. The van der Waals surface area contributed by atoms with E-state index in [9.17, 15) is 21.6 Å². The van der Waals surface area contributed by atoms with Crippen LogP contribution >= 0.6 is 0 Å². The Bertz CT molecular complexity index is 897. The van der Waals surface area contributed by atoms with E-state index in [1.165, 1.54) is 19.2 Å². The van der Waals surface area contributed by atoms with Crippen LogP contribution in [-0.4, -0.2) is 34.8 Å². The summed E-state index contributed by atoms with van der Waals surface area (Å²) in [6.45, 7) is 0.431. The van der Waals surface area contributed by atoms with Crippen molar-refractivity contribution in [1.29, 1.82) is 0 Å². The second-order valence-electron chi connectivity index (χ2n) is 6.11. The summed E-state index contributed by atoms with van der Waals surface area (Å²) in [4.78, 5) is 0. The number of rotatable bonds is 7. The predicted octanol–water partition coefficient (Wildman–Crippen LogP) is 3.45. The van der Waals surface area contributed by atoms with Gasteiger partial charge in [-0.3, -0.25) is 4.31 Å². The first-order chi connectivity index (χ1) is 12.7. The number of sulfonamides is 1. The van der Waals surface area contributed by atoms with Crippen molar-refractivity contribution in [3.8, 4) is 5.75 Å². The van der Waals surface area contributed by atoms with E-state index in [1.807, 2.05) is 0 Å². The molecule has 0 saturated carbocycles. The highest BCUT2D eigenvalue weighted by Gasteiger charge is 2.39. The van der Waals surface area contributed by atoms with Gasteiger partial charge in [-0.2, -0.15) is 13.2 Å². The molecule has 5 nitrogen and oxygen atoms in total. The number of anilines is 1. The summed E-state index contributed by atoms with van der Waals surface area (Å²) in [5.74, 6) is -1.20. The third-order valence-corrected chi connectivity index (χ3v) is 5.82. The molecule has 3 rings (SSSR count). The van der Waals surface area contributed by atoms with Crippen molar-refractivity contribution in [3.05, 3.63) is 59.7 Å². The van der Waals surface area contributed by atoms with E-state index in [4.69, 9.17) is 9.47 Å². The van der Waals surface area contributed by atoms with Crippen molar-refractivity contribution in [2.24, 2.45) is 0 Å². The lowest BCUT2D eigenvalue weighted by Crippen LogP contribution is -2.28. The van der Waals surface area contributed by atoms with E-state index >= 15 is 0 Å². The van der Waals surface area contributed by atoms with Crippen LogP contribution in [0.15, 0.2) is 48.5 Å². The van der Waals surface area contributed by atoms with Gasteiger partial charge >= 0.3 is 6.18 Å². The molecule has 146 valence electrons. The van der Waals surface area contributed by atoms with Crippen LogP contribution in [-0.2, 0) is 26.7 Å². The van der Waals surface area contributed by atoms with Gasteiger partial charge in [0.25, 0.3) is 0 Å². The molecule has 0 aliphatic carbocycles. The van der Waals surface area contributed by atoms with Crippen LogP contribution in [0.5, 0.6) is 5.75 Å². The molecule has 1 atom stereocenters. The summed E-state index contributed by atoms with van der Waals surface area (Å²) in [7, 11) is -2.72. The van der Waals surface area contributed by atoms with E-state index < -0.39 is 33.3 Å². The monoisotopic (exact) mass is 401 g/mol. The summed E-state index contributed by atoms with van der Waals surface area (Å²) < 4.78 is 77.4. The fourth-order valence-electron chi connectivity index (χ4n) is 2.58. The summed E-state index contributed by atoms with van der Waals surface area (Å²) in [6.07, 6.45) is -4.97. The SMILES string of the molecule is CN(c1ccccc1)S(=O)(=O)Cc1cccc(OCC2CO2)c1C(F)(F)F. The molecule has 2 aromatic carbocycles. The molecule has 1 heterocycles. The summed E-state index contributed by atoms with van der Waals surface area (Å²) in [6, 6.07) is 11.8. The molecule has 9 heteroatoms. The zero-order valence-electron chi connectivity index (χ0n) is 14.4. The van der Waals surface area contributed by atoms with Crippen molar-refractivity contribution < 1.29 is 31.1 Å². The van der Waals surface area contributed by atoms with Crippen molar-refractivity contribution in [2.75, 3.05) is 24.6 Å². The molecule has 0 amide bonds. The number of epoxide rings is 1. The first-order valence-corrected chi connectivity index (χ1v) is 9.74. The van der Waals surface area contributed by atoms with E-state index in [2.05, 4.69) is 0 Å². The lowest BCUT2D eigenvalue weighted by atomic mass is 10.1. The fourth-order valence-corrected chi connectivity index (χ4v) is 3.85. The number of ether oxygens (including phenoxy) is 2. The number of alkyl halides is 3. The lowest BCUT2D eigenvalue weighted by molar-refractivity contribution is -0.139. The third-order valence-electron chi connectivity index (χ3n) is 4.10. The van der Waals surface area contributed by atoms with Gasteiger partial charge in [-0.25, -0.2) is 8.42 Å². The molecule has 1 aliphatic rings. The molecule has 0 N–H and O–H groups in total. The normalized spacial score (nSPS) is 16.8. The molecule has 1 fully saturated rings. The Hall–Kier alpha value is -2.26. The number of para-hydroxylation sites is 1. The van der Waals surface area contributed by atoms with Gasteiger partial charge in [-0.05, 0) is 23.8 Å². The van der Waals surface area contributed by atoms with Gasteiger partial charge in [-0.15, -0.1) is 0 Å². The Kier molecular flexibility index (Phi) is 5.34. The van der Waals surface area contributed by atoms with Crippen molar-refractivity contribution in [1.82, 2.24) is 0 Å². The van der Waals surface area contributed by atoms with Gasteiger partial charge in [0, 0.05) is 7.05 Å². The molecular formula is C18H18F3NO4S. The maximum absolute atomic E-state index is 13.6. The maximum Gasteiger partial charge on any atom is 0.420 e. The Morgan fingerprint density at radius 1 is 1.15 bits per heavy atom. The van der Waals surface area contributed by atoms with Crippen LogP contribution in [0.3, 0.4) is 0 Å². The fraction of sp³-hybridized carbons (Fsp3) is 0.333. The highest BCUT2D eigenvalue weighted by atomic mass is 32.2. The van der Waals surface area contributed by atoms with Crippen molar-refractivity contribution >= 4 is 15.7 Å². The van der Waals surface area contributed by atoms with Crippen molar-refractivity contribution in [3.63, 3.8) is 0 Å². The Morgan fingerprint density at radius 3 is 2.41 bits per heavy atom. The average Bonchev–Trinajstić information content (AvgIpc) is 3.43. The smallest absolute Gasteiger partial charge is 0.420 e. The molecule has 0 spiro atoms. The summed E-state index contributed by atoms with van der Waals surface area (Å²) in [5.41, 5.74) is -1.07. The highest BCUT2D eigenvalue weighted by Crippen LogP contribution is 2.40. The van der Waals surface area contributed by atoms with Gasteiger partial charge < -0.3 is 9.47 Å². The Labute approximate surface area is 155 Å². The van der Waals surface area contributed by atoms with E-state index in [-0.39, 0.29) is 18.3 Å². The molecule has 1 unspecified atom stereocenters. The number of halogens is 3. The second kappa shape index (κ2) is 7.40. The summed E-state index contributed by atoms with van der Waals surface area (Å²) in [5, 5.41) is 0. The molecular weight excluding hydrogens is 383 g/mol. The van der Waals surface area contributed by atoms with Gasteiger partial charge in [0.15, 0.2) is 0 Å². The molecule has 0 bridgehead atoms. The molecule has 0 radical (unpaired) electrons. The topological polar surface area (TPSA) is 59.1 Å².